The highest BCUT2D eigenvalue weighted by Crippen LogP contribution is 2.22. The van der Waals surface area contributed by atoms with Crippen molar-refractivity contribution in [3.8, 4) is 0 Å². The molecule has 0 aromatic heterocycles. The van der Waals surface area contributed by atoms with Crippen molar-refractivity contribution < 1.29 is 18.1 Å². The summed E-state index contributed by atoms with van der Waals surface area (Å²) in [5.41, 5.74) is 3.92. The Morgan fingerprint density at radius 2 is 1.86 bits per heavy atom. The predicted octanol–water partition coefficient (Wildman–Crippen LogP) is 2.49. The van der Waals surface area contributed by atoms with Gasteiger partial charge in [-0.25, -0.2) is 13.8 Å². The van der Waals surface area contributed by atoms with Gasteiger partial charge in [0.05, 0.1) is 16.9 Å². The summed E-state index contributed by atoms with van der Waals surface area (Å²) in [5.74, 6) is -0.652. The molecule has 154 valence electrons. The Balaban J connectivity index is 2.03. The molecule has 9 nitrogen and oxygen atoms in total. The van der Waals surface area contributed by atoms with E-state index in [0.29, 0.717) is 12.1 Å². The summed E-state index contributed by atoms with van der Waals surface area (Å²) in [6.07, 6.45) is 2.31. The molecule has 0 aliphatic carbocycles. The molecular formula is C19H22N4O5S. The maximum absolute atomic E-state index is 12.2. The van der Waals surface area contributed by atoms with E-state index in [4.69, 9.17) is 0 Å². The summed E-state index contributed by atoms with van der Waals surface area (Å²) in [6, 6.07) is 14.9. The Morgan fingerprint density at radius 1 is 1.17 bits per heavy atom. The first-order chi connectivity index (χ1) is 13.7. The van der Waals surface area contributed by atoms with Gasteiger partial charge >= 0.3 is 0 Å². The van der Waals surface area contributed by atoms with Crippen molar-refractivity contribution in [3.05, 3.63) is 70.3 Å². The standard InChI is InChI=1S/C19H22N4O5S/c1-15(11-12-16-7-4-3-5-8-16)20-21-19(24)14-22(29(2,27)28)17-9-6-10-18(13-17)23(25)26/h3-10,13H,11-12,14H2,1-2H3,(H,21,24)/b20-15-. The second kappa shape index (κ2) is 9.78. The van der Waals surface area contributed by atoms with Crippen molar-refractivity contribution in [1.82, 2.24) is 5.43 Å². The van der Waals surface area contributed by atoms with E-state index in [-0.39, 0.29) is 11.4 Å². The van der Waals surface area contributed by atoms with Crippen molar-refractivity contribution in [2.75, 3.05) is 17.1 Å². The van der Waals surface area contributed by atoms with Crippen molar-refractivity contribution in [2.45, 2.75) is 19.8 Å². The van der Waals surface area contributed by atoms with Crippen LogP contribution in [-0.2, 0) is 21.2 Å². The van der Waals surface area contributed by atoms with Gasteiger partial charge in [0.1, 0.15) is 6.54 Å². The zero-order valence-corrected chi connectivity index (χ0v) is 16.9. The van der Waals surface area contributed by atoms with Crippen LogP contribution < -0.4 is 9.73 Å². The Bertz CT molecular complexity index is 1010. The Labute approximate surface area is 169 Å². The maximum Gasteiger partial charge on any atom is 0.271 e. The van der Waals surface area contributed by atoms with Crippen molar-refractivity contribution >= 4 is 33.0 Å². The number of amides is 1. The predicted molar refractivity (Wildman–Crippen MR) is 111 cm³/mol. The number of nitro groups is 1. The number of non-ortho nitro benzene ring substituents is 1. The van der Waals surface area contributed by atoms with Gasteiger partial charge in [-0.15, -0.1) is 0 Å². The summed E-state index contributed by atoms with van der Waals surface area (Å²) >= 11 is 0. The van der Waals surface area contributed by atoms with Crippen LogP contribution in [0.4, 0.5) is 11.4 Å². The summed E-state index contributed by atoms with van der Waals surface area (Å²) in [6.45, 7) is 1.22. The molecule has 0 saturated heterocycles. The molecule has 0 bridgehead atoms. The maximum atomic E-state index is 12.2. The molecule has 0 atom stereocenters. The number of anilines is 1. The van der Waals surface area contributed by atoms with Gasteiger partial charge in [-0.3, -0.25) is 19.2 Å². The van der Waals surface area contributed by atoms with Gasteiger partial charge in [0.2, 0.25) is 10.0 Å². The number of nitrogens with one attached hydrogen (secondary N) is 1. The smallest absolute Gasteiger partial charge is 0.271 e. The molecule has 0 fully saturated rings. The van der Waals surface area contributed by atoms with Gasteiger partial charge < -0.3 is 0 Å². The van der Waals surface area contributed by atoms with E-state index < -0.39 is 27.4 Å². The van der Waals surface area contributed by atoms with E-state index in [1.807, 2.05) is 30.3 Å². The number of benzene rings is 2. The number of nitrogens with zero attached hydrogens (tertiary/aromatic N) is 3. The van der Waals surface area contributed by atoms with Crippen LogP contribution in [0.15, 0.2) is 59.7 Å². The Morgan fingerprint density at radius 3 is 2.48 bits per heavy atom. The van der Waals surface area contributed by atoms with E-state index in [2.05, 4.69) is 10.5 Å². The molecule has 0 spiro atoms. The van der Waals surface area contributed by atoms with Crippen molar-refractivity contribution in [1.29, 1.82) is 0 Å². The van der Waals surface area contributed by atoms with Crippen LogP contribution >= 0.6 is 0 Å². The van der Waals surface area contributed by atoms with Crippen LogP contribution in [-0.4, -0.2) is 37.8 Å². The van der Waals surface area contributed by atoms with Crippen LogP contribution in [0.2, 0.25) is 0 Å². The third-order valence-electron chi connectivity index (χ3n) is 4.01. The molecule has 29 heavy (non-hydrogen) atoms. The summed E-state index contributed by atoms with van der Waals surface area (Å²) in [5, 5.41) is 14.9. The number of rotatable bonds is 9. The average molecular weight is 418 g/mol. The summed E-state index contributed by atoms with van der Waals surface area (Å²) in [4.78, 5) is 22.5. The fraction of sp³-hybridized carbons (Fsp3) is 0.263. The monoisotopic (exact) mass is 418 g/mol. The summed E-state index contributed by atoms with van der Waals surface area (Å²) < 4.78 is 25.0. The molecule has 0 radical (unpaired) electrons. The lowest BCUT2D eigenvalue weighted by Crippen LogP contribution is -2.39. The Kier molecular flexibility index (Phi) is 7.43. The summed E-state index contributed by atoms with van der Waals surface area (Å²) in [7, 11) is -3.84. The quantitative estimate of drug-likeness (QED) is 0.381. The number of nitro benzene ring substituents is 1. The number of hydrogen-bond acceptors (Lipinski definition) is 6. The molecular weight excluding hydrogens is 396 g/mol. The minimum atomic E-state index is -3.84. The first-order valence-electron chi connectivity index (χ1n) is 8.75. The molecule has 2 aromatic rings. The fourth-order valence-corrected chi connectivity index (χ4v) is 3.36. The highest BCUT2D eigenvalue weighted by molar-refractivity contribution is 7.92. The Hall–Kier alpha value is -3.27. The molecule has 0 saturated carbocycles. The van der Waals surface area contributed by atoms with Gasteiger partial charge in [0, 0.05) is 17.8 Å². The van der Waals surface area contributed by atoms with Crippen LogP contribution in [0.5, 0.6) is 0 Å². The topological polar surface area (TPSA) is 122 Å². The molecule has 0 aliphatic heterocycles. The second-order valence-electron chi connectivity index (χ2n) is 6.41. The lowest BCUT2D eigenvalue weighted by molar-refractivity contribution is -0.384. The van der Waals surface area contributed by atoms with E-state index in [1.165, 1.54) is 18.2 Å². The number of carbonyl (C=O) groups is 1. The third kappa shape index (κ3) is 7.00. The minimum absolute atomic E-state index is 0.0293. The second-order valence-corrected chi connectivity index (χ2v) is 8.32. The van der Waals surface area contributed by atoms with Gasteiger partial charge in [-0.2, -0.15) is 5.10 Å². The first-order valence-corrected chi connectivity index (χ1v) is 10.6. The van der Waals surface area contributed by atoms with E-state index >= 15 is 0 Å². The van der Waals surface area contributed by atoms with Crippen LogP contribution in [0.25, 0.3) is 0 Å². The molecule has 10 heteroatoms. The van der Waals surface area contributed by atoms with Gasteiger partial charge in [-0.1, -0.05) is 36.4 Å². The van der Waals surface area contributed by atoms with Gasteiger partial charge in [0.25, 0.3) is 11.6 Å². The molecule has 1 N–H and O–H groups in total. The fourth-order valence-electron chi connectivity index (χ4n) is 2.51. The highest BCUT2D eigenvalue weighted by atomic mass is 32.2. The zero-order valence-electron chi connectivity index (χ0n) is 16.1. The van der Waals surface area contributed by atoms with E-state index in [9.17, 15) is 23.3 Å². The molecule has 2 aromatic carbocycles. The molecule has 0 heterocycles. The molecule has 0 unspecified atom stereocenters. The largest absolute Gasteiger partial charge is 0.271 e. The SMILES string of the molecule is C/C(CCc1ccccc1)=N/NC(=O)CN(c1cccc([N+](=O)[O-])c1)S(C)(=O)=O. The molecule has 0 aliphatic rings. The number of sulfonamides is 1. The normalized spacial score (nSPS) is 11.7. The molecule has 2 rings (SSSR count). The lowest BCUT2D eigenvalue weighted by atomic mass is 10.1. The van der Waals surface area contributed by atoms with Crippen LogP contribution in [0.3, 0.4) is 0 Å². The molecule has 1 amide bonds. The van der Waals surface area contributed by atoms with Crippen LogP contribution in [0, 0.1) is 10.1 Å². The number of hydrazone groups is 1. The van der Waals surface area contributed by atoms with Crippen molar-refractivity contribution in [3.63, 3.8) is 0 Å². The van der Waals surface area contributed by atoms with Crippen LogP contribution in [0.1, 0.15) is 18.9 Å². The van der Waals surface area contributed by atoms with Gasteiger partial charge in [-0.05, 0) is 31.4 Å². The minimum Gasteiger partial charge on any atom is -0.271 e. The van der Waals surface area contributed by atoms with Gasteiger partial charge in [0.15, 0.2) is 0 Å². The average Bonchev–Trinajstić information content (AvgIpc) is 2.69. The van der Waals surface area contributed by atoms with Crippen molar-refractivity contribution in [2.24, 2.45) is 5.10 Å². The third-order valence-corrected chi connectivity index (χ3v) is 5.15. The number of aryl methyl sites for hydroxylation is 1. The van der Waals surface area contributed by atoms with E-state index in [0.717, 1.165) is 28.6 Å². The number of carbonyl (C=O) groups excluding carboxylic acids is 1. The zero-order chi connectivity index (χ0) is 21.4. The lowest BCUT2D eigenvalue weighted by Gasteiger charge is -2.21. The van der Waals surface area contributed by atoms with E-state index in [1.54, 1.807) is 6.92 Å². The highest BCUT2D eigenvalue weighted by Gasteiger charge is 2.22. The first kappa shape index (κ1) is 22.0. The number of hydrogen-bond donors (Lipinski definition) is 1.